The molecule has 0 unspecified atom stereocenters. The van der Waals surface area contributed by atoms with Gasteiger partial charge in [0, 0.05) is 17.3 Å². The van der Waals surface area contributed by atoms with E-state index in [-0.39, 0.29) is 12.0 Å². The normalized spacial score (nSPS) is 10.8. The lowest BCUT2D eigenvalue weighted by atomic mass is 10.2. The SMILES string of the molecule is O=C(O)CCCCCOc1ccc2sc(-c3ccccn3)nc(=O)c2c1. The first-order valence-electron chi connectivity index (χ1n) is 8.34. The Morgan fingerprint density at radius 3 is 2.81 bits per heavy atom. The number of pyridine rings is 1. The number of nitrogens with zero attached hydrogens (tertiary/aromatic N) is 2. The summed E-state index contributed by atoms with van der Waals surface area (Å²) in [5.41, 5.74) is 0.379. The van der Waals surface area contributed by atoms with Crippen LogP contribution in [0.5, 0.6) is 5.75 Å². The highest BCUT2D eigenvalue weighted by molar-refractivity contribution is 7.21. The van der Waals surface area contributed by atoms with Crippen LogP contribution in [0.4, 0.5) is 0 Å². The van der Waals surface area contributed by atoms with Crippen molar-refractivity contribution in [2.24, 2.45) is 0 Å². The molecule has 0 spiro atoms. The highest BCUT2D eigenvalue weighted by Gasteiger charge is 2.09. The lowest BCUT2D eigenvalue weighted by Gasteiger charge is -2.07. The lowest BCUT2D eigenvalue weighted by Crippen LogP contribution is -2.07. The van der Waals surface area contributed by atoms with Crippen molar-refractivity contribution in [3.05, 3.63) is 52.9 Å². The maximum Gasteiger partial charge on any atom is 0.303 e. The van der Waals surface area contributed by atoms with Crippen molar-refractivity contribution in [1.82, 2.24) is 9.97 Å². The summed E-state index contributed by atoms with van der Waals surface area (Å²) in [5, 5.41) is 9.72. The van der Waals surface area contributed by atoms with E-state index in [1.807, 2.05) is 30.3 Å². The minimum Gasteiger partial charge on any atom is -0.494 e. The molecule has 1 N–H and O–H groups in total. The molecule has 0 fully saturated rings. The number of carboxylic acids is 1. The number of hydrogen-bond donors (Lipinski definition) is 1. The second-order valence-electron chi connectivity index (χ2n) is 5.75. The van der Waals surface area contributed by atoms with E-state index in [0.29, 0.717) is 34.9 Å². The Morgan fingerprint density at radius 2 is 2.04 bits per heavy atom. The lowest BCUT2D eigenvalue weighted by molar-refractivity contribution is -0.137. The van der Waals surface area contributed by atoms with Crippen LogP contribution in [0.25, 0.3) is 20.8 Å². The molecule has 0 amide bonds. The van der Waals surface area contributed by atoms with Gasteiger partial charge < -0.3 is 9.84 Å². The third kappa shape index (κ3) is 4.64. The minimum atomic E-state index is -0.776. The summed E-state index contributed by atoms with van der Waals surface area (Å²) in [7, 11) is 0. The summed E-state index contributed by atoms with van der Waals surface area (Å²) in [6.45, 7) is 0.488. The van der Waals surface area contributed by atoms with Gasteiger partial charge in [0.05, 0.1) is 17.7 Å². The molecule has 0 saturated carbocycles. The van der Waals surface area contributed by atoms with E-state index in [4.69, 9.17) is 9.84 Å². The van der Waals surface area contributed by atoms with Crippen molar-refractivity contribution in [3.8, 4) is 16.5 Å². The van der Waals surface area contributed by atoms with Crippen molar-refractivity contribution in [2.45, 2.75) is 25.7 Å². The molecule has 7 heteroatoms. The number of carbonyl (C=O) groups is 1. The molecule has 0 saturated heterocycles. The molecule has 3 aromatic rings. The Hall–Kier alpha value is -2.80. The standard InChI is InChI=1S/C19H18N2O4S/c22-17(23)7-2-1-5-11-25-13-8-9-16-14(12-13)18(24)21-19(26-16)15-6-3-4-10-20-15/h3-4,6,8-10,12H,1-2,5,7,11H2,(H,22,23). The summed E-state index contributed by atoms with van der Waals surface area (Å²) in [4.78, 5) is 31.2. The predicted octanol–water partition coefficient (Wildman–Crippen LogP) is 3.74. The number of hydrogen-bond acceptors (Lipinski definition) is 6. The molecule has 0 atom stereocenters. The number of ether oxygens (including phenoxy) is 1. The fourth-order valence-corrected chi connectivity index (χ4v) is 3.43. The van der Waals surface area contributed by atoms with Gasteiger partial charge in [-0.15, -0.1) is 11.3 Å². The van der Waals surface area contributed by atoms with E-state index in [2.05, 4.69) is 9.97 Å². The highest BCUT2D eigenvalue weighted by Crippen LogP contribution is 2.27. The quantitative estimate of drug-likeness (QED) is 0.608. The van der Waals surface area contributed by atoms with E-state index in [9.17, 15) is 9.59 Å². The van der Waals surface area contributed by atoms with Crippen LogP contribution in [-0.4, -0.2) is 27.7 Å². The molecule has 6 nitrogen and oxygen atoms in total. The van der Waals surface area contributed by atoms with Crippen molar-refractivity contribution in [2.75, 3.05) is 6.61 Å². The van der Waals surface area contributed by atoms with Gasteiger partial charge in [-0.05, 0) is 49.6 Å². The van der Waals surface area contributed by atoms with Gasteiger partial charge in [0.15, 0.2) is 0 Å². The Morgan fingerprint density at radius 1 is 1.15 bits per heavy atom. The summed E-state index contributed by atoms with van der Waals surface area (Å²) < 4.78 is 6.50. The van der Waals surface area contributed by atoms with Crippen LogP contribution >= 0.6 is 11.3 Å². The summed E-state index contributed by atoms with van der Waals surface area (Å²) >= 11 is 1.42. The van der Waals surface area contributed by atoms with Crippen LogP contribution in [0, 0.1) is 0 Å². The van der Waals surface area contributed by atoms with Crippen LogP contribution in [-0.2, 0) is 4.79 Å². The maximum atomic E-state index is 12.4. The zero-order valence-electron chi connectivity index (χ0n) is 14.1. The zero-order chi connectivity index (χ0) is 18.4. The first kappa shape index (κ1) is 18.0. The van der Waals surface area contributed by atoms with Crippen molar-refractivity contribution < 1.29 is 14.6 Å². The molecule has 0 radical (unpaired) electrons. The number of rotatable bonds is 8. The molecule has 2 heterocycles. The van der Waals surface area contributed by atoms with Gasteiger partial charge in [0.1, 0.15) is 10.8 Å². The van der Waals surface area contributed by atoms with Crippen LogP contribution in [0.3, 0.4) is 0 Å². The Kier molecular flexibility index (Phi) is 5.91. The average Bonchev–Trinajstić information content (AvgIpc) is 2.65. The van der Waals surface area contributed by atoms with E-state index in [0.717, 1.165) is 17.5 Å². The third-order valence-electron chi connectivity index (χ3n) is 3.78. The predicted molar refractivity (Wildman–Crippen MR) is 101 cm³/mol. The van der Waals surface area contributed by atoms with Gasteiger partial charge in [0.2, 0.25) is 0 Å². The van der Waals surface area contributed by atoms with Crippen LogP contribution in [0.1, 0.15) is 25.7 Å². The molecule has 1 aromatic carbocycles. The third-order valence-corrected chi connectivity index (χ3v) is 4.85. The fraction of sp³-hybridized carbons (Fsp3) is 0.263. The molecular weight excluding hydrogens is 352 g/mol. The van der Waals surface area contributed by atoms with Gasteiger partial charge in [-0.2, -0.15) is 4.98 Å². The van der Waals surface area contributed by atoms with Gasteiger partial charge in [-0.1, -0.05) is 6.07 Å². The summed E-state index contributed by atoms with van der Waals surface area (Å²) in [6.07, 6.45) is 4.06. The molecule has 2 aromatic heterocycles. The summed E-state index contributed by atoms with van der Waals surface area (Å²) in [6, 6.07) is 10.9. The monoisotopic (exact) mass is 370 g/mol. The molecule has 0 bridgehead atoms. The van der Waals surface area contributed by atoms with Crippen molar-refractivity contribution in [1.29, 1.82) is 0 Å². The van der Waals surface area contributed by atoms with Crippen LogP contribution in [0.15, 0.2) is 47.4 Å². The van der Waals surface area contributed by atoms with E-state index < -0.39 is 5.97 Å². The van der Waals surface area contributed by atoms with E-state index >= 15 is 0 Å². The number of carboxylic acid groups (broad SMARTS) is 1. The second kappa shape index (κ2) is 8.53. The molecule has 3 rings (SSSR count). The Labute approximate surface area is 154 Å². The zero-order valence-corrected chi connectivity index (χ0v) is 14.9. The molecule has 26 heavy (non-hydrogen) atoms. The molecule has 134 valence electrons. The topological polar surface area (TPSA) is 89.4 Å². The summed E-state index contributed by atoms with van der Waals surface area (Å²) in [5.74, 6) is -0.158. The number of unbranched alkanes of at least 4 members (excludes halogenated alkanes) is 2. The van der Waals surface area contributed by atoms with Gasteiger partial charge in [0.25, 0.3) is 5.56 Å². The van der Waals surface area contributed by atoms with Gasteiger partial charge in [-0.25, -0.2) is 0 Å². The van der Waals surface area contributed by atoms with Crippen LogP contribution in [0.2, 0.25) is 0 Å². The van der Waals surface area contributed by atoms with E-state index in [1.54, 1.807) is 12.3 Å². The molecular formula is C19H18N2O4S. The molecule has 0 aliphatic heterocycles. The largest absolute Gasteiger partial charge is 0.494 e. The number of fused-ring (bicyclic) bond motifs is 1. The Bertz CT molecular complexity index is 957. The minimum absolute atomic E-state index is 0.182. The first-order chi connectivity index (χ1) is 12.6. The molecule has 0 aliphatic rings. The molecule has 0 aliphatic carbocycles. The maximum absolute atomic E-state index is 12.4. The number of benzene rings is 1. The van der Waals surface area contributed by atoms with Gasteiger partial charge in [-0.3, -0.25) is 14.6 Å². The second-order valence-corrected chi connectivity index (χ2v) is 6.78. The highest BCUT2D eigenvalue weighted by atomic mass is 32.1. The van der Waals surface area contributed by atoms with Crippen LogP contribution < -0.4 is 10.3 Å². The van der Waals surface area contributed by atoms with Crippen molar-refractivity contribution >= 4 is 27.4 Å². The Balaban J connectivity index is 1.68. The van der Waals surface area contributed by atoms with E-state index in [1.165, 1.54) is 11.3 Å². The average molecular weight is 370 g/mol. The smallest absolute Gasteiger partial charge is 0.303 e. The fourth-order valence-electron chi connectivity index (χ4n) is 2.48. The number of aliphatic carboxylic acids is 1. The first-order valence-corrected chi connectivity index (χ1v) is 9.16. The van der Waals surface area contributed by atoms with Gasteiger partial charge >= 0.3 is 5.97 Å². The number of aromatic nitrogens is 2. The van der Waals surface area contributed by atoms with Crippen molar-refractivity contribution in [3.63, 3.8) is 0 Å².